The molecule has 90 valence electrons. The van der Waals surface area contributed by atoms with Crippen LogP contribution in [0, 0.1) is 13.8 Å². The maximum absolute atomic E-state index is 9.70. The number of para-hydroxylation sites is 1. The first-order valence-electron chi connectivity index (χ1n) is 5.52. The summed E-state index contributed by atoms with van der Waals surface area (Å²) < 4.78 is 5.65. The molecule has 0 unspecified atom stereocenters. The highest BCUT2D eigenvalue weighted by Gasteiger charge is 2.09. The molecule has 1 atom stereocenters. The summed E-state index contributed by atoms with van der Waals surface area (Å²) in [6.45, 7) is 4.98. The minimum Gasteiger partial charge on any atom is -0.490 e. The van der Waals surface area contributed by atoms with Crippen molar-refractivity contribution in [2.45, 2.75) is 20.0 Å². The number of aryl methyl sites for hydroxylation is 2. The Morgan fingerprint density at radius 3 is 2.31 bits per heavy atom. The zero-order valence-corrected chi connectivity index (χ0v) is 10.5. The summed E-state index contributed by atoms with van der Waals surface area (Å²) in [4.78, 5) is 1.94. The van der Waals surface area contributed by atoms with Crippen LogP contribution in [0.1, 0.15) is 11.1 Å². The molecule has 0 fully saturated rings. The number of benzene rings is 1. The third kappa shape index (κ3) is 3.83. The predicted molar refractivity (Wildman–Crippen MR) is 66.0 cm³/mol. The molecule has 0 saturated heterocycles. The third-order valence-electron chi connectivity index (χ3n) is 2.40. The first kappa shape index (κ1) is 13.0. The smallest absolute Gasteiger partial charge is 0.125 e. The van der Waals surface area contributed by atoms with Gasteiger partial charge in [-0.15, -0.1) is 0 Å². The highest BCUT2D eigenvalue weighted by Crippen LogP contribution is 2.22. The second-order valence-corrected chi connectivity index (χ2v) is 4.45. The zero-order valence-electron chi connectivity index (χ0n) is 10.5. The number of aliphatic hydroxyl groups is 1. The van der Waals surface area contributed by atoms with Crippen LogP contribution >= 0.6 is 0 Å². The normalized spacial score (nSPS) is 12.9. The molecule has 0 spiro atoms. The highest BCUT2D eigenvalue weighted by atomic mass is 16.5. The van der Waals surface area contributed by atoms with Gasteiger partial charge in [-0.25, -0.2) is 0 Å². The molecule has 1 aromatic rings. The van der Waals surface area contributed by atoms with Crippen LogP contribution in [0.25, 0.3) is 0 Å². The van der Waals surface area contributed by atoms with E-state index in [-0.39, 0.29) is 0 Å². The number of nitrogens with zero attached hydrogens (tertiary/aromatic N) is 1. The van der Waals surface area contributed by atoms with Gasteiger partial charge in [-0.3, -0.25) is 0 Å². The van der Waals surface area contributed by atoms with Gasteiger partial charge in [-0.1, -0.05) is 18.2 Å². The molecule has 0 aliphatic heterocycles. The summed E-state index contributed by atoms with van der Waals surface area (Å²) in [5.74, 6) is 0.889. The van der Waals surface area contributed by atoms with Gasteiger partial charge in [0.1, 0.15) is 18.5 Å². The molecule has 0 heterocycles. The molecule has 1 rings (SSSR count). The van der Waals surface area contributed by atoms with E-state index >= 15 is 0 Å². The molecule has 16 heavy (non-hydrogen) atoms. The maximum Gasteiger partial charge on any atom is 0.125 e. The molecule has 1 N–H and O–H groups in total. The molecule has 1 aromatic carbocycles. The first-order valence-corrected chi connectivity index (χ1v) is 5.52. The fourth-order valence-electron chi connectivity index (χ4n) is 1.68. The monoisotopic (exact) mass is 223 g/mol. The number of hydrogen-bond acceptors (Lipinski definition) is 3. The standard InChI is InChI=1S/C13H21NO2/c1-10-6-5-7-11(2)13(10)16-9-12(15)8-14(3)4/h5-7,12,15H,8-9H2,1-4H3/t12-/m1/s1. The molecule has 0 aliphatic carbocycles. The summed E-state index contributed by atoms with van der Waals surface area (Å²) in [7, 11) is 3.87. The number of likely N-dealkylation sites (N-methyl/N-ethyl adjacent to an activating group) is 1. The van der Waals surface area contributed by atoms with Gasteiger partial charge in [-0.2, -0.15) is 0 Å². The highest BCUT2D eigenvalue weighted by molar-refractivity contribution is 5.39. The third-order valence-corrected chi connectivity index (χ3v) is 2.40. The van der Waals surface area contributed by atoms with Gasteiger partial charge < -0.3 is 14.7 Å². The van der Waals surface area contributed by atoms with Gasteiger partial charge in [-0.05, 0) is 39.1 Å². The Morgan fingerprint density at radius 1 is 1.25 bits per heavy atom. The minimum absolute atomic E-state index is 0.337. The van der Waals surface area contributed by atoms with E-state index in [1.807, 2.05) is 51.0 Å². The van der Waals surface area contributed by atoms with Crippen molar-refractivity contribution in [3.05, 3.63) is 29.3 Å². The maximum atomic E-state index is 9.70. The van der Waals surface area contributed by atoms with Crippen LogP contribution in [0.3, 0.4) is 0 Å². The van der Waals surface area contributed by atoms with Crippen molar-refractivity contribution in [1.29, 1.82) is 0 Å². The lowest BCUT2D eigenvalue weighted by Crippen LogP contribution is -2.30. The van der Waals surface area contributed by atoms with Crippen molar-refractivity contribution in [3.8, 4) is 5.75 Å². The number of hydrogen-bond donors (Lipinski definition) is 1. The number of ether oxygens (including phenoxy) is 1. The molecular formula is C13H21NO2. The summed E-state index contributed by atoms with van der Waals surface area (Å²) in [5, 5.41) is 9.70. The van der Waals surface area contributed by atoms with Gasteiger partial charge in [0.15, 0.2) is 0 Å². The van der Waals surface area contributed by atoms with Crippen LogP contribution in [0.2, 0.25) is 0 Å². The summed E-state index contributed by atoms with van der Waals surface area (Å²) in [6, 6.07) is 6.04. The summed E-state index contributed by atoms with van der Waals surface area (Å²) in [5.41, 5.74) is 2.22. The van der Waals surface area contributed by atoms with Crippen molar-refractivity contribution in [3.63, 3.8) is 0 Å². The molecule has 0 saturated carbocycles. The van der Waals surface area contributed by atoms with E-state index in [4.69, 9.17) is 4.74 Å². The molecule has 3 heteroatoms. The fraction of sp³-hybridized carbons (Fsp3) is 0.538. The SMILES string of the molecule is Cc1cccc(C)c1OC[C@H](O)CN(C)C. The van der Waals surface area contributed by atoms with E-state index < -0.39 is 6.10 Å². The molecule has 0 aromatic heterocycles. The van der Waals surface area contributed by atoms with Crippen LogP contribution in [-0.4, -0.2) is 43.4 Å². The minimum atomic E-state index is -0.450. The van der Waals surface area contributed by atoms with Crippen molar-refractivity contribution < 1.29 is 9.84 Å². The molecule has 0 bridgehead atoms. The largest absolute Gasteiger partial charge is 0.490 e. The van der Waals surface area contributed by atoms with Crippen LogP contribution in [-0.2, 0) is 0 Å². The summed E-state index contributed by atoms with van der Waals surface area (Å²) >= 11 is 0. The second kappa shape index (κ2) is 5.87. The molecule has 0 radical (unpaired) electrons. The Labute approximate surface area is 97.7 Å². The van der Waals surface area contributed by atoms with Gasteiger partial charge in [0.05, 0.1) is 0 Å². The predicted octanol–water partition coefficient (Wildman–Crippen LogP) is 1.60. The van der Waals surface area contributed by atoms with Crippen LogP contribution in [0.4, 0.5) is 0 Å². The van der Waals surface area contributed by atoms with E-state index in [1.165, 1.54) is 0 Å². The average Bonchev–Trinajstić information content (AvgIpc) is 2.15. The van der Waals surface area contributed by atoms with Gasteiger partial charge in [0, 0.05) is 6.54 Å². The molecular weight excluding hydrogens is 202 g/mol. The van der Waals surface area contributed by atoms with E-state index in [0.717, 1.165) is 16.9 Å². The Balaban J connectivity index is 2.54. The van der Waals surface area contributed by atoms with Crippen LogP contribution < -0.4 is 4.74 Å². The van der Waals surface area contributed by atoms with Gasteiger partial charge in [0.25, 0.3) is 0 Å². The van der Waals surface area contributed by atoms with Crippen molar-refractivity contribution in [1.82, 2.24) is 4.90 Å². The van der Waals surface area contributed by atoms with Crippen molar-refractivity contribution >= 4 is 0 Å². The lowest BCUT2D eigenvalue weighted by Gasteiger charge is -2.18. The Morgan fingerprint density at radius 2 is 1.81 bits per heavy atom. The van der Waals surface area contributed by atoms with Crippen molar-refractivity contribution in [2.24, 2.45) is 0 Å². The molecule has 0 amide bonds. The zero-order chi connectivity index (χ0) is 12.1. The molecule has 3 nitrogen and oxygen atoms in total. The lowest BCUT2D eigenvalue weighted by molar-refractivity contribution is 0.0825. The summed E-state index contributed by atoms with van der Waals surface area (Å²) in [6.07, 6.45) is -0.450. The van der Waals surface area contributed by atoms with Crippen LogP contribution in [0.15, 0.2) is 18.2 Å². The van der Waals surface area contributed by atoms with E-state index in [0.29, 0.717) is 13.2 Å². The van der Waals surface area contributed by atoms with Gasteiger partial charge in [0.2, 0.25) is 0 Å². The Kier molecular flexibility index (Phi) is 4.77. The topological polar surface area (TPSA) is 32.7 Å². The Bertz CT molecular complexity index is 316. The van der Waals surface area contributed by atoms with Crippen LogP contribution in [0.5, 0.6) is 5.75 Å². The lowest BCUT2D eigenvalue weighted by atomic mass is 10.1. The fourth-order valence-corrected chi connectivity index (χ4v) is 1.68. The average molecular weight is 223 g/mol. The van der Waals surface area contributed by atoms with Crippen molar-refractivity contribution in [2.75, 3.05) is 27.2 Å². The first-order chi connectivity index (χ1) is 7.50. The second-order valence-electron chi connectivity index (χ2n) is 4.45. The molecule has 0 aliphatic rings. The Hall–Kier alpha value is -1.06. The van der Waals surface area contributed by atoms with E-state index in [9.17, 15) is 5.11 Å². The van der Waals surface area contributed by atoms with E-state index in [2.05, 4.69) is 0 Å². The quantitative estimate of drug-likeness (QED) is 0.823. The number of rotatable bonds is 5. The van der Waals surface area contributed by atoms with E-state index in [1.54, 1.807) is 0 Å². The van der Waals surface area contributed by atoms with Gasteiger partial charge >= 0.3 is 0 Å². The number of aliphatic hydroxyl groups excluding tert-OH is 1.